The Balaban J connectivity index is 1.76. The fraction of sp³-hybridized carbons (Fsp3) is 0.516. The number of hydrogen-bond acceptors (Lipinski definition) is 6. The maximum Gasteiger partial charge on any atom is 0.243 e. The fourth-order valence-electron chi connectivity index (χ4n) is 5.42. The van der Waals surface area contributed by atoms with E-state index >= 15 is 0 Å². The van der Waals surface area contributed by atoms with E-state index in [1.807, 2.05) is 6.07 Å². The van der Waals surface area contributed by atoms with Gasteiger partial charge < -0.3 is 20.4 Å². The van der Waals surface area contributed by atoms with Crippen molar-refractivity contribution >= 4 is 39.3 Å². The first-order valence-corrected chi connectivity index (χ1v) is 16.8. The van der Waals surface area contributed by atoms with Gasteiger partial charge in [-0.2, -0.15) is 0 Å². The largest absolute Gasteiger partial charge is 0.350 e. The molecular formula is C31H44ClN5O5S. The molecule has 3 amide bonds. The van der Waals surface area contributed by atoms with Crippen LogP contribution in [0.5, 0.6) is 0 Å². The monoisotopic (exact) mass is 633 g/mol. The lowest BCUT2D eigenvalue weighted by Crippen LogP contribution is -2.55. The molecule has 236 valence electrons. The molecule has 3 rings (SSSR count). The Morgan fingerprint density at radius 3 is 2.65 bits per heavy atom. The predicted molar refractivity (Wildman–Crippen MR) is 170 cm³/mol. The Morgan fingerprint density at radius 2 is 1.98 bits per heavy atom. The summed E-state index contributed by atoms with van der Waals surface area (Å²) >= 11 is 6.06. The minimum atomic E-state index is -4.03. The minimum absolute atomic E-state index is 0.234. The molecule has 1 aromatic rings. The maximum absolute atomic E-state index is 13.9. The molecule has 43 heavy (non-hydrogen) atoms. The van der Waals surface area contributed by atoms with Crippen LogP contribution in [0.3, 0.4) is 0 Å². The molecule has 2 saturated heterocycles. The standard InChI is InChI=1S/C31H44ClN5O5S/c1-4-6-9-23(5-2)22-43(41,42)35-27(19-29(38)36(3)21-24-13-15-33-16-14-24)31(40)37-17-8-12-28(37)30(39)34-20-25-10-7-11-26(32)18-25/h4-7,9-11,18,24,27-28,33,35H,1,8,12-17,19-22H2,2-3H3,(H,34,39)/b9-6-,23-5+/t27-,28+/m1/s1. The molecule has 0 bridgehead atoms. The number of halogens is 1. The van der Waals surface area contributed by atoms with Crippen LogP contribution >= 0.6 is 11.6 Å². The smallest absolute Gasteiger partial charge is 0.243 e. The van der Waals surface area contributed by atoms with E-state index in [2.05, 4.69) is 21.9 Å². The third-order valence-electron chi connectivity index (χ3n) is 7.78. The van der Waals surface area contributed by atoms with Gasteiger partial charge in [-0.05, 0) is 74.9 Å². The topological polar surface area (TPSA) is 128 Å². The quantitative estimate of drug-likeness (QED) is 0.271. The van der Waals surface area contributed by atoms with Gasteiger partial charge in [-0.25, -0.2) is 13.1 Å². The lowest BCUT2D eigenvalue weighted by Gasteiger charge is -2.31. The summed E-state index contributed by atoms with van der Waals surface area (Å²) in [5, 5.41) is 6.72. The number of sulfonamides is 1. The molecule has 2 fully saturated rings. The number of nitrogens with zero attached hydrogens (tertiary/aromatic N) is 2. The zero-order valence-electron chi connectivity index (χ0n) is 25.1. The zero-order chi connectivity index (χ0) is 31.4. The lowest BCUT2D eigenvalue weighted by atomic mass is 9.97. The molecule has 2 aliphatic heterocycles. The number of carbonyl (C=O) groups is 3. The second kappa shape index (κ2) is 16.7. The molecule has 1 aromatic carbocycles. The molecule has 0 aromatic heterocycles. The number of amides is 3. The van der Waals surface area contributed by atoms with E-state index in [0.717, 1.165) is 31.5 Å². The number of likely N-dealkylation sites (tertiary alicyclic amines) is 1. The van der Waals surface area contributed by atoms with Crippen molar-refractivity contribution in [3.8, 4) is 0 Å². The molecule has 2 atom stereocenters. The number of allylic oxidation sites excluding steroid dienone is 4. The van der Waals surface area contributed by atoms with Crippen LogP contribution in [0.25, 0.3) is 0 Å². The molecule has 10 nitrogen and oxygen atoms in total. The molecule has 2 aliphatic rings. The highest BCUT2D eigenvalue weighted by atomic mass is 35.5. The van der Waals surface area contributed by atoms with Crippen molar-refractivity contribution in [2.45, 2.75) is 57.7 Å². The second-order valence-electron chi connectivity index (χ2n) is 11.1. The van der Waals surface area contributed by atoms with Crippen molar-refractivity contribution in [3.05, 3.63) is 71.3 Å². The molecule has 3 N–H and O–H groups in total. The molecule has 0 saturated carbocycles. The van der Waals surface area contributed by atoms with E-state index in [1.54, 1.807) is 55.3 Å². The molecule has 12 heteroatoms. The van der Waals surface area contributed by atoms with Gasteiger partial charge in [0, 0.05) is 31.7 Å². The Bertz CT molecular complexity index is 1310. The molecule has 0 unspecified atom stereocenters. The van der Waals surface area contributed by atoms with Gasteiger partial charge in [-0.3, -0.25) is 14.4 Å². The highest BCUT2D eigenvalue weighted by Crippen LogP contribution is 2.21. The van der Waals surface area contributed by atoms with Crippen molar-refractivity contribution in [2.75, 3.05) is 39.0 Å². The number of benzene rings is 1. The summed E-state index contributed by atoms with van der Waals surface area (Å²) in [6.07, 6.45) is 9.01. The van der Waals surface area contributed by atoms with Crippen LogP contribution in [0.15, 0.2) is 60.7 Å². The van der Waals surface area contributed by atoms with E-state index in [4.69, 9.17) is 11.6 Å². The first-order valence-electron chi connectivity index (χ1n) is 14.7. The third kappa shape index (κ3) is 10.9. The number of rotatable bonds is 14. The first kappa shape index (κ1) is 34.5. The summed E-state index contributed by atoms with van der Waals surface area (Å²) in [7, 11) is -2.35. The Labute approximate surface area is 260 Å². The zero-order valence-corrected chi connectivity index (χ0v) is 26.6. The predicted octanol–water partition coefficient (Wildman–Crippen LogP) is 2.77. The molecule has 2 heterocycles. The Kier molecular flexibility index (Phi) is 13.4. The van der Waals surface area contributed by atoms with Crippen LogP contribution in [-0.2, 0) is 31.0 Å². The van der Waals surface area contributed by atoms with Crippen molar-refractivity contribution < 1.29 is 22.8 Å². The van der Waals surface area contributed by atoms with E-state index in [-0.39, 0.29) is 37.1 Å². The minimum Gasteiger partial charge on any atom is -0.350 e. The Hall–Kier alpha value is -2.99. The van der Waals surface area contributed by atoms with E-state index in [1.165, 1.54) is 11.0 Å². The number of hydrogen-bond donors (Lipinski definition) is 3. The highest BCUT2D eigenvalue weighted by molar-refractivity contribution is 7.89. The normalized spacial score (nSPS) is 18.9. The van der Waals surface area contributed by atoms with Gasteiger partial charge in [0.2, 0.25) is 27.7 Å². The van der Waals surface area contributed by atoms with Gasteiger partial charge in [0.25, 0.3) is 0 Å². The van der Waals surface area contributed by atoms with Crippen molar-refractivity contribution in [1.29, 1.82) is 0 Å². The van der Waals surface area contributed by atoms with Crippen LogP contribution in [-0.4, -0.2) is 87.0 Å². The van der Waals surface area contributed by atoms with E-state index in [9.17, 15) is 22.8 Å². The number of nitrogens with one attached hydrogen (secondary N) is 3. The van der Waals surface area contributed by atoms with Gasteiger partial charge in [-0.15, -0.1) is 0 Å². The van der Waals surface area contributed by atoms with Gasteiger partial charge in [0.1, 0.15) is 12.1 Å². The van der Waals surface area contributed by atoms with Crippen LogP contribution in [0.2, 0.25) is 5.02 Å². The lowest BCUT2D eigenvalue weighted by molar-refractivity contribution is -0.142. The molecular weight excluding hydrogens is 590 g/mol. The van der Waals surface area contributed by atoms with Crippen LogP contribution in [0, 0.1) is 5.92 Å². The first-order chi connectivity index (χ1) is 20.5. The molecule has 0 spiro atoms. The highest BCUT2D eigenvalue weighted by Gasteiger charge is 2.39. The Morgan fingerprint density at radius 1 is 1.23 bits per heavy atom. The average molecular weight is 634 g/mol. The summed E-state index contributed by atoms with van der Waals surface area (Å²) in [6, 6.07) is 4.99. The summed E-state index contributed by atoms with van der Waals surface area (Å²) < 4.78 is 29.0. The van der Waals surface area contributed by atoms with E-state index in [0.29, 0.717) is 35.9 Å². The van der Waals surface area contributed by atoms with Crippen LogP contribution in [0.1, 0.15) is 44.6 Å². The molecule has 0 aliphatic carbocycles. The van der Waals surface area contributed by atoms with Crippen molar-refractivity contribution in [1.82, 2.24) is 25.2 Å². The van der Waals surface area contributed by atoms with Crippen LogP contribution < -0.4 is 15.4 Å². The van der Waals surface area contributed by atoms with Gasteiger partial charge in [-0.1, -0.05) is 54.6 Å². The SMILES string of the molecule is C=C/C=C\C(=C/C)CS(=O)(=O)N[C@H](CC(=O)N(C)CC1CCNCC1)C(=O)N1CCC[C@H]1C(=O)NCc1cccc(Cl)c1. The maximum atomic E-state index is 13.9. The van der Waals surface area contributed by atoms with Crippen LogP contribution in [0.4, 0.5) is 0 Å². The summed E-state index contributed by atoms with van der Waals surface area (Å²) in [5.41, 5.74) is 1.32. The van der Waals surface area contributed by atoms with Crippen molar-refractivity contribution in [2.24, 2.45) is 5.92 Å². The molecule has 0 radical (unpaired) electrons. The number of carbonyl (C=O) groups excluding carboxylic acids is 3. The average Bonchev–Trinajstić information content (AvgIpc) is 3.48. The third-order valence-corrected chi connectivity index (χ3v) is 9.38. The summed E-state index contributed by atoms with van der Waals surface area (Å²) in [6.45, 7) is 8.15. The van der Waals surface area contributed by atoms with Gasteiger partial charge in [0.15, 0.2) is 0 Å². The van der Waals surface area contributed by atoms with E-state index < -0.39 is 28.0 Å². The fourth-order valence-corrected chi connectivity index (χ4v) is 7.03. The summed E-state index contributed by atoms with van der Waals surface area (Å²) in [4.78, 5) is 43.4. The van der Waals surface area contributed by atoms with Gasteiger partial charge >= 0.3 is 0 Å². The summed E-state index contributed by atoms with van der Waals surface area (Å²) in [5.74, 6) is -1.30. The van der Waals surface area contributed by atoms with Crippen molar-refractivity contribution in [3.63, 3.8) is 0 Å². The second-order valence-corrected chi connectivity index (χ2v) is 13.3. The number of piperidine rings is 1. The van der Waals surface area contributed by atoms with Gasteiger partial charge in [0.05, 0.1) is 12.2 Å².